The highest BCUT2D eigenvalue weighted by Crippen LogP contribution is 2.27. The van der Waals surface area contributed by atoms with E-state index in [1.54, 1.807) is 0 Å². The zero-order valence-corrected chi connectivity index (χ0v) is 11.8. The van der Waals surface area contributed by atoms with Crippen LogP contribution in [0.15, 0.2) is 24.3 Å². The Bertz CT molecular complexity index is 466. The molecular formula is C16H22N2O. The number of ether oxygens (including phenoxy) is 1. The van der Waals surface area contributed by atoms with Gasteiger partial charge >= 0.3 is 0 Å². The minimum Gasteiger partial charge on any atom is -0.375 e. The standard InChI is InChI=1S/C16H22N2O/c1-3-16(2)10-15(7-8-19-16)18-12-14-6-4-5-13(9-14)11-17/h4-6,9,15,18H,3,7-8,10,12H2,1-2H3. The number of nitriles is 1. The first-order valence-electron chi connectivity index (χ1n) is 7.01. The SMILES string of the molecule is CCC1(C)CC(NCc2cccc(C#N)c2)CCO1. The topological polar surface area (TPSA) is 45.0 Å². The summed E-state index contributed by atoms with van der Waals surface area (Å²) in [5.41, 5.74) is 1.91. The Hall–Kier alpha value is -1.37. The van der Waals surface area contributed by atoms with Gasteiger partial charge in [-0.15, -0.1) is 0 Å². The molecule has 1 aliphatic rings. The number of rotatable bonds is 4. The van der Waals surface area contributed by atoms with Gasteiger partial charge in [-0.1, -0.05) is 19.1 Å². The lowest BCUT2D eigenvalue weighted by Crippen LogP contribution is -2.44. The fourth-order valence-corrected chi connectivity index (χ4v) is 2.56. The van der Waals surface area contributed by atoms with Crippen molar-refractivity contribution in [3.8, 4) is 6.07 Å². The fraction of sp³-hybridized carbons (Fsp3) is 0.562. The maximum atomic E-state index is 8.89. The van der Waals surface area contributed by atoms with E-state index in [0.29, 0.717) is 6.04 Å². The quantitative estimate of drug-likeness (QED) is 0.903. The maximum absolute atomic E-state index is 8.89. The summed E-state index contributed by atoms with van der Waals surface area (Å²) in [5, 5.41) is 12.5. The first-order valence-corrected chi connectivity index (χ1v) is 7.01. The Morgan fingerprint density at radius 1 is 1.53 bits per heavy atom. The molecule has 0 amide bonds. The summed E-state index contributed by atoms with van der Waals surface area (Å²) in [7, 11) is 0. The molecule has 1 aliphatic heterocycles. The monoisotopic (exact) mass is 258 g/mol. The molecule has 1 saturated heterocycles. The van der Waals surface area contributed by atoms with Gasteiger partial charge in [-0.05, 0) is 43.9 Å². The minimum absolute atomic E-state index is 0.0183. The molecule has 1 aromatic rings. The largest absolute Gasteiger partial charge is 0.375 e. The summed E-state index contributed by atoms with van der Waals surface area (Å²) in [4.78, 5) is 0. The van der Waals surface area contributed by atoms with Crippen molar-refractivity contribution in [2.75, 3.05) is 6.61 Å². The van der Waals surface area contributed by atoms with Crippen LogP contribution in [0, 0.1) is 11.3 Å². The highest BCUT2D eigenvalue weighted by atomic mass is 16.5. The first-order chi connectivity index (χ1) is 9.15. The highest BCUT2D eigenvalue weighted by Gasteiger charge is 2.31. The molecule has 0 bridgehead atoms. The lowest BCUT2D eigenvalue weighted by Gasteiger charge is -2.38. The summed E-state index contributed by atoms with van der Waals surface area (Å²) >= 11 is 0. The van der Waals surface area contributed by atoms with Gasteiger partial charge in [0, 0.05) is 19.2 Å². The third kappa shape index (κ3) is 3.79. The van der Waals surface area contributed by atoms with Gasteiger partial charge < -0.3 is 10.1 Å². The predicted octanol–water partition coefficient (Wildman–Crippen LogP) is 3.00. The summed E-state index contributed by atoms with van der Waals surface area (Å²) in [5.74, 6) is 0. The van der Waals surface area contributed by atoms with Crippen molar-refractivity contribution in [1.29, 1.82) is 5.26 Å². The Kier molecular flexibility index (Phi) is 4.57. The molecule has 0 spiro atoms. The smallest absolute Gasteiger partial charge is 0.0991 e. The van der Waals surface area contributed by atoms with Crippen LogP contribution in [-0.2, 0) is 11.3 Å². The predicted molar refractivity (Wildman–Crippen MR) is 75.7 cm³/mol. The summed E-state index contributed by atoms with van der Waals surface area (Å²) in [6.45, 7) is 6.02. The zero-order chi connectivity index (χ0) is 13.7. The highest BCUT2D eigenvalue weighted by molar-refractivity contribution is 5.32. The van der Waals surface area contributed by atoms with E-state index in [9.17, 15) is 0 Å². The van der Waals surface area contributed by atoms with Gasteiger partial charge in [-0.25, -0.2) is 0 Å². The fourth-order valence-electron chi connectivity index (χ4n) is 2.56. The van der Waals surface area contributed by atoms with Crippen molar-refractivity contribution in [3.63, 3.8) is 0 Å². The molecule has 0 aromatic heterocycles. The average Bonchev–Trinajstić information content (AvgIpc) is 2.45. The van der Waals surface area contributed by atoms with E-state index in [4.69, 9.17) is 10.00 Å². The molecule has 1 fully saturated rings. The van der Waals surface area contributed by atoms with Crippen LogP contribution in [0.1, 0.15) is 44.2 Å². The zero-order valence-electron chi connectivity index (χ0n) is 11.8. The molecule has 1 N–H and O–H groups in total. The van der Waals surface area contributed by atoms with Crippen molar-refractivity contribution in [3.05, 3.63) is 35.4 Å². The van der Waals surface area contributed by atoms with Crippen LogP contribution < -0.4 is 5.32 Å². The number of benzene rings is 1. The lowest BCUT2D eigenvalue weighted by atomic mass is 9.90. The van der Waals surface area contributed by atoms with E-state index in [-0.39, 0.29) is 5.60 Å². The Labute approximate surface area is 115 Å². The normalized spacial score (nSPS) is 26.9. The second-order valence-corrected chi connectivity index (χ2v) is 5.53. The van der Waals surface area contributed by atoms with Crippen LogP contribution in [0.4, 0.5) is 0 Å². The van der Waals surface area contributed by atoms with Crippen molar-refractivity contribution < 1.29 is 4.74 Å². The molecule has 3 nitrogen and oxygen atoms in total. The van der Waals surface area contributed by atoms with Gasteiger partial charge in [0.2, 0.25) is 0 Å². The molecule has 1 aromatic carbocycles. The lowest BCUT2D eigenvalue weighted by molar-refractivity contribution is -0.0781. The van der Waals surface area contributed by atoms with E-state index < -0.39 is 0 Å². The summed E-state index contributed by atoms with van der Waals surface area (Å²) < 4.78 is 5.85. The third-order valence-corrected chi connectivity index (χ3v) is 3.99. The minimum atomic E-state index is 0.0183. The number of nitrogens with zero attached hydrogens (tertiary/aromatic N) is 1. The molecule has 2 rings (SSSR count). The van der Waals surface area contributed by atoms with Crippen LogP contribution in [-0.4, -0.2) is 18.2 Å². The molecule has 0 saturated carbocycles. The van der Waals surface area contributed by atoms with E-state index in [1.165, 1.54) is 5.56 Å². The summed E-state index contributed by atoms with van der Waals surface area (Å²) in [6, 6.07) is 10.5. The molecule has 3 heteroatoms. The van der Waals surface area contributed by atoms with Crippen LogP contribution in [0.2, 0.25) is 0 Å². The second-order valence-electron chi connectivity index (χ2n) is 5.53. The van der Waals surface area contributed by atoms with E-state index in [0.717, 1.165) is 38.0 Å². The molecular weight excluding hydrogens is 236 g/mol. The average molecular weight is 258 g/mol. The second kappa shape index (κ2) is 6.18. The molecule has 0 radical (unpaired) electrons. The van der Waals surface area contributed by atoms with Gasteiger partial charge in [-0.2, -0.15) is 5.26 Å². The van der Waals surface area contributed by atoms with Crippen molar-refractivity contribution in [1.82, 2.24) is 5.32 Å². The van der Waals surface area contributed by atoms with Gasteiger partial charge in [0.05, 0.1) is 17.2 Å². The van der Waals surface area contributed by atoms with Crippen LogP contribution in [0.3, 0.4) is 0 Å². The molecule has 2 unspecified atom stereocenters. The van der Waals surface area contributed by atoms with Crippen LogP contribution >= 0.6 is 0 Å². The molecule has 1 heterocycles. The van der Waals surface area contributed by atoms with E-state index in [2.05, 4.69) is 31.3 Å². The van der Waals surface area contributed by atoms with Crippen molar-refractivity contribution >= 4 is 0 Å². The van der Waals surface area contributed by atoms with Gasteiger partial charge in [-0.3, -0.25) is 0 Å². The van der Waals surface area contributed by atoms with E-state index in [1.807, 2.05) is 18.2 Å². The number of nitrogens with one attached hydrogen (secondary N) is 1. The van der Waals surface area contributed by atoms with Gasteiger partial charge in [0.25, 0.3) is 0 Å². The molecule has 2 atom stereocenters. The Balaban J connectivity index is 1.90. The molecule has 0 aliphatic carbocycles. The van der Waals surface area contributed by atoms with Crippen LogP contribution in [0.25, 0.3) is 0 Å². The first kappa shape index (κ1) is 14.0. The van der Waals surface area contributed by atoms with Crippen molar-refractivity contribution in [2.45, 2.75) is 51.3 Å². The number of hydrogen-bond donors (Lipinski definition) is 1. The van der Waals surface area contributed by atoms with Gasteiger partial charge in [0.15, 0.2) is 0 Å². The number of hydrogen-bond acceptors (Lipinski definition) is 3. The Morgan fingerprint density at radius 3 is 3.11 bits per heavy atom. The maximum Gasteiger partial charge on any atom is 0.0991 e. The molecule has 102 valence electrons. The summed E-state index contributed by atoms with van der Waals surface area (Å²) in [6.07, 6.45) is 3.17. The van der Waals surface area contributed by atoms with Crippen molar-refractivity contribution in [2.24, 2.45) is 0 Å². The van der Waals surface area contributed by atoms with E-state index >= 15 is 0 Å². The molecule has 19 heavy (non-hydrogen) atoms. The third-order valence-electron chi connectivity index (χ3n) is 3.99. The van der Waals surface area contributed by atoms with Gasteiger partial charge in [0.1, 0.15) is 0 Å². The van der Waals surface area contributed by atoms with Crippen LogP contribution in [0.5, 0.6) is 0 Å². The Morgan fingerprint density at radius 2 is 2.37 bits per heavy atom.